The normalized spacial score (nSPS) is 17.3. The number of hydrogen-bond acceptors (Lipinski definition) is 5. The molecule has 0 saturated carbocycles. The first kappa shape index (κ1) is 16.2. The molecule has 1 aliphatic rings. The van der Waals surface area contributed by atoms with Crippen molar-refractivity contribution in [2.45, 2.75) is 18.9 Å². The van der Waals surface area contributed by atoms with Gasteiger partial charge < -0.3 is 15.7 Å². The molecular weight excluding hydrogens is 286 g/mol. The molecule has 0 radical (unpaired) electrons. The minimum atomic E-state index is -0.695. The summed E-state index contributed by atoms with van der Waals surface area (Å²) in [5, 5.41) is 26.0. The molecule has 3 N–H and O–H groups in total. The zero-order valence-corrected chi connectivity index (χ0v) is 11.5. The number of benzene rings is 1. The fourth-order valence-corrected chi connectivity index (χ4v) is 2.07. The van der Waals surface area contributed by atoms with E-state index in [1.165, 1.54) is 6.07 Å². The molecule has 7 nitrogen and oxygen atoms in total. The quantitative estimate of drug-likeness (QED) is 0.572. The number of nitro groups is 1. The third-order valence-electron chi connectivity index (χ3n) is 3.11. The third kappa shape index (κ3) is 3.82. The van der Waals surface area contributed by atoms with Crippen LogP contribution in [-0.2, 0) is 0 Å². The number of halogens is 1. The van der Waals surface area contributed by atoms with E-state index in [0.29, 0.717) is 6.54 Å². The number of rotatable bonds is 4. The molecule has 8 heteroatoms. The van der Waals surface area contributed by atoms with Gasteiger partial charge in [0.25, 0.3) is 5.91 Å². The van der Waals surface area contributed by atoms with Crippen molar-refractivity contribution in [2.24, 2.45) is 0 Å². The summed E-state index contributed by atoms with van der Waals surface area (Å²) in [7, 11) is 0. The van der Waals surface area contributed by atoms with E-state index in [1.54, 1.807) is 0 Å². The highest BCUT2D eigenvalue weighted by molar-refractivity contribution is 5.95. The van der Waals surface area contributed by atoms with Gasteiger partial charge in [-0.3, -0.25) is 14.9 Å². The van der Waals surface area contributed by atoms with Crippen molar-refractivity contribution in [1.82, 2.24) is 10.6 Å². The van der Waals surface area contributed by atoms with Crippen LogP contribution < -0.4 is 10.6 Å². The molecule has 1 unspecified atom stereocenters. The van der Waals surface area contributed by atoms with Crippen LogP contribution in [0.4, 0.5) is 5.69 Å². The van der Waals surface area contributed by atoms with Crippen LogP contribution in [0.25, 0.3) is 0 Å². The van der Waals surface area contributed by atoms with Crippen molar-refractivity contribution in [3.05, 3.63) is 33.9 Å². The second-order valence-corrected chi connectivity index (χ2v) is 4.46. The van der Waals surface area contributed by atoms with Crippen LogP contribution in [-0.4, -0.2) is 35.1 Å². The minimum Gasteiger partial charge on any atom is -0.502 e. The molecule has 0 spiro atoms. The molecule has 110 valence electrons. The first-order chi connectivity index (χ1) is 9.08. The molecule has 1 atom stereocenters. The lowest BCUT2D eigenvalue weighted by molar-refractivity contribution is -0.385. The number of carbonyl (C=O) groups excluding carboxylic acids is 1. The van der Waals surface area contributed by atoms with Gasteiger partial charge in [-0.05, 0) is 31.5 Å². The molecule has 1 aliphatic heterocycles. The molecule has 1 aromatic rings. The van der Waals surface area contributed by atoms with Gasteiger partial charge in [-0.25, -0.2) is 0 Å². The van der Waals surface area contributed by atoms with Gasteiger partial charge in [0.1, 0.15) is 0 Å². The summed E-state index contributed by atoms with van der Waals surface area (Å²) in [6.45, 7) is 1.47. The van der Waals surface area contributed by atoms with Gasteiger partial charge in [0.15, 0.2) is 5.75 Å². The first-order valence-corrected chi connectivity index (χ1v) is 6.07. The summed E-state index contributed by atoms with van der Waals surface area (Å²) in [4.78, 5) is 21.7. The SMILES string of the molecule is Cl.O=C(NCC1CCCN1)c1ccc([N+](=O)[O-])c(O)c1. The number of nitrogens with one attached hydrogen (secondary N) is 2. The molecular formula is C12H16ClN3O4. The van der Waals surface area contributed by atoms with E-state index < -0.39 is 16.4 Å². The van der Waals surface area contributed by atoms with Gasteiger partial charge >= 0.3 is 5.69 Å². The number of carbonyl (C=O) groups is 1. The Morgan fingerprint density at radius 3 is 2.85 bits per heavy atom. The Morgan fingerprint density at radius 1 is 1.55 bits per heavy atom. The predicted molar refractivity (Wildman–Crippen MR) is 75.4 cm³/mol. The molecule has 2 rings (SSSR count). The zero-order chi connectivity index (χ0) is 13.8. The topological polar surface area (TPSA) is 104 Å². The second kappa shape index (κ2) is 7.06. The number of phenolic OH excluding ortho intramolecular Hbond substituents is 1. The molecule has 20 heavy (non-hydrogen) atoms. The summed E-state index contributed by atoms with van der Waals surface area (Å²) in [6, 6.07) is 3.83. The number of aromatic hydroxyl groups is 1. The van der Waals surface area contributed by atoms with Gasteiger partial charge in [0.05, 0.1) is 4.92 Å². The van der Waals surface area contributed by atoms with E-state index in [0.717, 1.165) is 31.5 Å². The smallest absolute Gasteiger partial charge is 0.310 e. The Hall–Kier alpha value is -1.86. The molecule has 0 aromatic heterocycles. The zero-order valence-electron chi connectivity index (χ0n) is 10.7. The first-order valence-electron chi connectivity index (χ1n) is 6.07. The van der Waals surface area contributed by atoms with Crippen LogP contribution in [0.5, 0.6) is 5.75 Å². The fourth-order valence-electron chi connectivity index (χ4n) is 2.07. The third-order valence-corrected chi connectivity index (χ3v) is 3.11. The highest BCUT2D eigenvalue weighted by Gasteiger charge is 2.18. The second-order valence-electron chi connectivity index (χ2n) is 4.46. The lowest BCUT2D eigenvalue weighted by atomic mass is 10.1. The molecule has 0 aliphatic carbocycles. The minimum absolute atomic E-state index is 0. The van der Waals surface area contributed by atoms with E-state index >= 15 is 0 Å². The maximum absolute atomic E-state index is 11.8. The van der Waals surface area contributed by atoms with Crippen LogP contribution in [0.1, 0.15) is 23.2 Å². The van der Waals surface area contributed by atoms with Crippen LogP contribution in [0.15, 0.2) is 18.2 Å². The lowest BCUT2D eigenvalue weighted by Crippen LogP contribution is -2.37. The van der Waals surface area contributed by atoms with Crippen molar-refractivity contribution in [3.8, 4) is 5.75 Å². The number of phenols is 1. The lowest BCUT2D eigenvalue weighted by Gasteiger charge is -2.11. The van der Waals surface area contributed by atoms with Crippen LogP contribution in [0.3, 0.4) is 0 Å². The number of amides is 1. The van der Waals surface area contributed by atoms with Gasteiger partial charge in [-0.15, -0.1) is 12.4 Å². The molecule has 1 amide bonds. The van der Waals surface area contributed by atoms with Gasteiger partial charge in [0.2, 0.25) is 0 Å². The standard InChI is InChI=1S/C12H15N3O4.ClH/c16-11-6-8(3-4-10(11)15(18)19)12(17)14-7-9-2-1-5-13-9;/h3-4,6,9,13,16H,1-2,5,7H2,(H,14,17);1H. The summed E-state index contributed by atoms with van der Waals surface area (Å²) in [5.41, 5.74) is -0.199. The summed E-state index contributed by atoms with van der Waals surface area (Å²) in [6.07, 6.45) is 2.12. The largest absolute Gasteiger partial charge is 0.502 e. The number of hydrogen-bond donors (Lipinski definition) is 3. The van der Waals surface area contributed by atoms with Gasteiger partial charge in [-0.1, -0.05) is 0 Å². The van der Waals surface area contributed by atoms with Gasteiger partial charge in [0, 0.05) is 24.2 Å². The van der Waals surface area contributed by atoms with E-state index in [9.17, 15) is 20.0 Å². The molecule has 1 aromatic carbocycles. The maximum Gasteiger partial charge on any atom is 0.310 e. The fraction of sp³-hybridized carbons (Fsp3) is 0.417. The van der Waals surface area contributed by atoms with Crippen molar-refractivity contribution < 1.29 is 14.8 Å². The molecule has 1 fully saturated rings. The Labute approximate surface area is 121 Å². The highest BCUT2D eigenvalue weighted by Crippen LogP contribution is 2.26. The van der Waals surface area contributed by atoms with Gasteiger partial charge in [-0.2, -0.15) is 0 Å². The average molecular weight is 302 g/mol. The van der Waals surface area contributed by atoms with Crippen LogP contribution in [0, 0.1) is 10.1 Å². The number of nitro benzene ring substituents is 1. The van der Waals surface area contributed by atoms with E-state index in [-0.39, 0.29) is 29.9 Å². The van der Waals surface area contributed by atoms with Crippen molar-refractivity contribution in [2.75, 3.05) is 13.1 Å². The maximum atomic E-state index is 11.8. The molecule has 0 bridgehead atoms. The van der Waals surface area contributed by atoms with Crippen molar-refractivity contribution in [1.29, 1.82) is 0 Å². The summed E-state index contributed by atoms with van der Waals surface area (Å²) in [5.74, 6) is -0.851. The van der Waals surface area contributed by atoms with E-state index in [2.05, 4.69) is 10.6 Å². The molecule has 1 heterocycles. The van der Waals surface area contributed by atoms with Crippen LogP contribution >= 0.6 is 12.4 Å². The Bertz CT molecular complexity index is 503. The van der Waals surface area contributed by atoms with Crippen LogP contribution in [0.2, 0.25) is 0 Å². The predicted octanol–water partition coefficient (Wildman–Crippen LogP) is 1.20. The Morgan fingerprint density at radius 2 is 2.30 bits per heavy atom. The summed E-state index contributed by atoms with van der Waals surface area (Å²) < 4.78 is 0. The van der Waals surface area contributed by atoms with Crippen molar-refractivity contribution >= 4 is 24.0 Å². The Balaban J connectivity index is 0.00000200. The number of nitrogens with zero attached hydrogens (tertiary/aromatic N) is 1. The highest BCUT2D eigenvalue weighted by atomic mass is 35.5. The van der Waals surface area contributed by atoms with E-state index in [4.69, 9.17) is 0 Å². The average Bonchev–Trinajstić information content (AvgIpc) is 2.88. The van der Waals surface area contributed by atoms with E-state index in [1.807, 2.05) is 0 Å². The monoisotopic (exact) mass is 301 g/mol. The summed E-state index contributed by atoms with van der Waals surface area (Å²) >= 11 is 0. The van der Waals surface area contributed by atoms with Crippen molar-refractivity contribution in [3.63, 3.8) is 0 Å². The Kier molecular flexibility index (Phi) is 5.72. The molecule has 1 saturated heterocycles.